The van der Waals surface area contributed by atoms with E-state index in [9.17, 15) is 15.0 Å². The summed E-state index contributed by atoms with van der Waals surface area (Å²) in [7, 11) is 0. The minimum absolute atomic E-state index is 0.0277. The lowest BCUT2D eigenvalue weighted by Crippen LogP contribution is -2.45. The van der Waals surface area contributed by atoms with Crippen molar-refractivity contribution in [1.29, 1.82) is 0 Å². The molecule has 0 bridgehead atoms. The van der Waals surface area contributed by atoms with Crippen molar-refractivity contribution in [1.82, 2.24) is 5.32 Å². The van der Waals surface area contributed by atoms with Gasteiger partial charge in [-0.15, -0.1) is 0 Å². The van der Waals surface area contributed by atoms with Gasteiger partial charge in [0.2, 0.25) is 5.91 Å². The fraction of sp³-hybridized carbons (Fsp3) is 0.980. The van der Waals surface area contributed by atoms with Crippen molar-refractivity contribution in [2.45, 2.75) is 315 Å². The van der Waals surface area contributed by atoms with Crippen LogP contribution in [0.5, 0.6) is 0 Å². The van der Waals surface area contributed by atoms with E-state index in [2.05, 4.69) is 19.2 Å². The van der Waals surface area contributed by atoms with Crippen LogP contribution >= 0.6 is 0 Å². The Balaban J connectivity index is 3.29. The molecule has 2 atom stereocenters. The number of nitrogens with one attached hydrogen (secondary N) is 1. The molecule has 0 heterocycles. The Labute approximate surface area is 346 Å². The van der Waals surface area contributed by atoms with Crippen molar-refractivity contribution >= 4 is 5.91 Å². The topological polar surface area (TPSA) is 69.6 Å². The first kappa shape index (κ1) is 54.4. The van der Waals surface area contributed by atoms with Gasteiger partial charge in [0, 0.05) is 6.42 Å². The summed E-state index contributed by atoms with van der Waals surface area (Å²) >= 11 is 0. The number of amides is 1. The van der Waals surface area contributed by atoms with Crippen LogP contribution in [0.2, 0.25) is 0 Å². The molecule has 0 saturated heterocycles. The van der Waals surface area contributed by atoms with Crippen LogP contribution in [0.3, 0.4) is 0 Å². The van der Waals surface area contributed by atoms with Gasteiger partial charge in [-0.3, -0.25) is 4.79 Å². The summed E-state index contributed by atoms with van der Waals surface area (Å²) in [6, 6.07) is -0.528. The smallest absolute Gasteiger partial charge is 0.220 e. The van der Waals surface area contributed by atoms with E-state index in [1.807, 2.05) is 0 Å². The highest BCUT2D eigenvalue weighted by Gasteiger charge is 2.20. The number of aliphatic hydroxyl groups excluding tert-OH is 2. The van der Waals surface area contributed by atoms with E-state index in [0.717, 1.165) is 25.7 Å². The molecule has 0 aliphatic carbocycles. The Hall–Kier alpha value is -0.610. The van der Waals surface area contributed by atoms with Crippen LogP contribution in [-0.2, 0) is 4.79 Å². The fourth-order valence-corrected chi connectivity index (χ4v) is 8.42. The highest BCUT2D eigenvalue weighted by Crippen LogP contribution is 2.18. The van der Waals surface area contributed by atoms with E-state index in [1.54, 1.807) is 0 Å². The maximum Gasteiger partial charge on any atom is 0.220 e. The van der Waals surface area contributed by atoms with E-state index in [-0.39, 0.29) is 12.5 Å². The standard InChI is InChI=1S/C51H103NO3/c1-3-5-7-9-11-13-14-15-16-17-18-19-20-21-22-23-24-25-26-27-28-29-30-31-32-33-34-35-36-37-38-39-41-43-45-47-51(55)52-49(48-53)50(54)46-44-42-40-12-10-8-6-4-2/h49-50,53-54H,3-48H2,1-2H3,(H,52,55). The molecule has 1 amide bonds. The van der Waals surface area contributed by atoms with Crippen molar-refractivity contribution in [2.24, 2.45) is 0 Å². The van der Waals surface area contributed by atoms with Crippen LogP contribution in [0, 0.1) is 0 Å². The summed E-state index contributed by atoms with van der Waals surface area (Å²) in [5.74, 6) is -0.0277. The Morgan fingerprint density at radius 2 is 0.582 bits per heavy atom. The van der Waals surface area contributed by atoms with Crippen molar-refractivity contribution in [2.75, 3.05) is 6.61 Å². The third-order valence-electron chi connectivity index (χ3n) is 12.4. The second kappa shape index (κ2) is 47.8. The first-order valence-electron chi connectivity index (χ1n) is 25.7. The van der Waals surface area contributed by atoms with E-state index >= 15 is 0 Å². The third kappa shape index (κ3) is 44.3. The third-order valence-corrected chi connectivity index (χ3v) is 12.4. The van der Waals surface area contributed by atoms with Crippen molar-refractivity contribution in [3.8, 4) is 0 Å². The van der Waals surface area contributed by atoms with Crippen molar-refractivity contribution in [3.05, 3.63) is 0 Å². The first-order valence-corrected chi connectivity index (χ1v) is 25.7. The summed E-state index contributed by atoms with van der Waals surface area (Å²) in [4.78, 5) is 12.4. The number of aliphatic hydroxyl groups is 2. The van der Waals surface area contributed by atoms with Crippen LogP contribution < -0.4 is 5.32 Å². The minimum atomic E-state index is -0.651. The molecule has 0 rings (SSSR count). The van der Waals surface area contributed by atoms with Gasteiger partial charge in [-0.05, 0) is 12.8 Å². The molecule has 2 unspecified atom stereocenters. The molecule has 0 aliphatic rings. The highest BCUT2D eigenvalue weighted by molar-refractivity contribution is 5.76. The van der Waals surface area contributed by atoms with Crippen LogP contribution in [0.25, 0.3) is 0 Å². The molecule has 330 valence electrons. The van der Waals surface area contributed by atoms with Gasteiger partial charge in [0.25, 0.3) is 0 Å². The summed E-state index contributed by atoms with van der Waals surface area (Å²) in [5, 5.41) is 23.0. The quantitative estimate of drug-likeness (QED) is 0.0539. The lowest BCUT2D eigenvalue weighted by Gasteiger charge is -2.22. The van der Waals surface area contributed by atoms with Gasteiger partial charge in [-0.1, -0.05) is 284 Å². The Bertz CT molecular complexity index is 714. The zero-order valence-electron chi connectivity index (χ0n) is 38.0. The molecule has 0 aliphatic heterocycles. The summed E-state index contributed by atoms with van der Waals surface area (Å²) < 4.78 is 0. The van der Waals surface area contributed by atoms with Crippen LogP contribution in [0.1, 0.15) is 303 Å². The Morgan fingerprint density at radius 3 is 0.818 bits per heavy atom. The van der Waals surface area contributed by atoms with Gasteiger partial charge in [0.05, 0.1) is 18.8 Å². The van der Waals surface area contributed by atoms with Gasteiger partial charge >= 0.3 is 0 Å². The molecule has 0 aromatic heterocycles. The summed E-state index contributed by atoms with van der Waals surface area (Å²) in [6.07, 6.45) is 59.6. The zero-order valence-corrected chi connectivity index (χ0v) is 38.0. The van der Waals surface area contributed by atoms with Crippen LogP contribution in [0.4, 0.5) is 0 Å². The molecule has 0 radical (unpaired) electrons. The molecule has 3 N–H and O–H groups in total. The SMILES string of the molecule is CCCCCCCCCCCCCCCCCCCCCCCCCCCCCCCCCCCCCC(=O)NC(CO)C(O)CCCCCCCCCC. The van der Waals surface area contributed by atoms with Crippen LogP contribution in [-0.4, -0.2) is 34.9 Å². The lowest BCUT2D eigenvalue weighted by molar-refractivity contribution is -0.123. The summed E-state index contributed by atoms with van der Waals surface area (Å²) in [5.41, 5.74) is 0. The molecule has 0 spiro atoms. The molecule has 0 fully saturated rings. The van der Waals surface area contributed by atoms with Crippen molar-refractivity contribution < 1.29 is 15.0 Å². The number of carbonyl (C=O) groups excluding carboxylic acids is 1. The van der Waals surface area contributed by atoms with Crippen LogP contribution in [0.15, 0.2) is 0 Å². The number of rotatable bonds is 48. The molecule has 0 aromatic carbocycles. The van der Waals surface area contributed by atoms with E-state index in [1.165, 1.54) is 250 Å². The second-order valence-electron chi connectivity index (χ2n) is 18.0. The number of hydrogen-bond acceptors (Lipinski definition) is 3. The van der Waals surface area contributed by atoms with Crippen molar-refractivity contribution in [3.63, 3.8) is 0 Å². The number of carbonyl (C=O) groups is 1. The van der Waals surface area contributed by atoms with Gasteiger partial charge in [-0.25, -0.2) is 0 Å². The predicted molar refractivity (Wildman–Crippen MR) is 244 cm³/mol. The zero-order chi connectivity index (χ0) is 40.0. The lowest BCUT2D eigenvalue weighted by atomic mass is 10.0. The molecule has 4 heteroatoms. The number of unbranched alkanes of at least 4 members (excludes halogenated alkanes) is 41. The van der Waals surface area contributed by atoms with E-state index in [4.69, 9.17) is 0 Å². The molecule has 0 aromatic rings. The maximum absolute atomic E-state index is 12.4. The van der Waals surface area contributed by atoms with Gasteiger partial charge in [0.1, 0.15) is 0 Å². The average Bonchev–Trinajstić information content (AvgIpc) is 3.19. The monoisotopic (exact) mass is 778 g/mol. The molecular formula is C51H103NO3. The highest BCUT2D eigenvalue weighted by atomic mass is 16.3. The minimum Gasteiger partial charge on any atom is -0.394 e. The molecule has 4 nitrogen and oxygen atoms in total. The Kier molecular flexibility index (Phi) is 47.2. The van der Waals surface area contributed by atoms with E-state index < -0.39 is 12.1 Å². The predicted octanol–water partition coefficient (Wildman–Crippen LogP) is 16.4. The molecule has 55 heavy (non-hydrogen) atoms. The Morgan fingerprint density at radius 1 is 0.364 bits per heavy atom. The van der Waals surface area contributed by atoms with Gasteiger partial charge < -0.3 is 15.5 Å². The first-order chi connectivity index (χ1) is 27.2. The largest absolute Gasteiger partial charge is 0.394 e. The summed E-state index contributed by atoms with van der Waals surface area (Å²) in [6.45, 7) is 4.35. The molecular weight excluding hydrogens is 675 g/mol. The maximum atomic E-state index is 12.4. The van der Waals surface area contributed by atoms with Gasteiger partial charge in [0.15, 0.2) is 0 Å². The van der Waals surface area contributed by atoms with Gasteiger partial charge in [-0.2, -0.15) is 0 Å². The fourth-order valence-electron chi connectivity index (χ4n) is 8.42. The normalized spacial score (nSPS) is 12.7. The number of hydrogen-bond donors (Lipinski definition) is 3. The van der Waals surface area contributed by atoms with E-state index in [0.29, 0.717) is 12.8 Å². The average molecular weight is 778 g/mol. The molecule has 0 saturated carbocycles. The second-order valence-corrected chi connectivity index (χ2v) is 18.0.